The third-order valence-corrected chi connectivity index (χ3v) is 1.58. The highest BCUT2D eigenvalue weighted by molar-refractivity contribution is 6.31. The molecule has 0 radical (unpaired) electrons. The fraction of sp³-hybridized carbons (Fsp3) is 0.200. The Bertz CT molecular complexity index is 436. The van der Waals surface area contributed by atoms with Crippen LogP contribution in [0.5, 0.6) is 5.88 Å². The zero-order chi connectivity index (χ0) is 11.6. The predicted molar refractivity (Wildman–Crippen MR) is 46.9 cm³/mol. The van der Waals surface area contributed by atoms with Gasteiger partial charge in [0.1, 0.15) is 0 Å². The molecule has 0 amide bonds. The molecule has 10 heteroatoms. The highest BCUT2D eigenvalue weighted by Crippen LogP contribution is 2.29. The largest absolute Gasteiger partial charge is 0.475 e. The van der Waals surface area contributed by atoms with Gasteiger partial charge in [-0.15, -0.1) is 0 Å². The van der Waals surface area contributed by atoms with Gasteiger partial charge in [-0.1, -0.05) is 11.6 Å². The molecule has 1 rings (SSSR count). The maximum absolute atomic E-state index is 10.4. The second-order valence-corrected chi connectivity index (χ2v) is 2.54. The Morgan fingerprint density at radius 2 is 1.73 bits per heavy atom. The van der Waals surface area contributed by atoms with Gasteiger partial charge < -0.3 is 25.0 Å². The molecule has 0 aromatic carbocycles. The van der Waals surface area contributed by atoms with Gasteiger partial charge >= 0.3 is 17.5 Å². The number of ether oxygens (including phenoxy) is 1. The van der Waals surface area contributed by atoms with Crippen LogP contribution in [-0.4, -0.2) is 26.9 Å². The van der Waals surface area contributed by atoms with Crippen molar-refractivity contribution >= 4 is 23.2 Å². The lowest BCUT2D eigenvalue weighted by atomic mass is 10.6. The van der Waals surface area contributed by atoms with Crippen LogP contribution >= 0.6 is 11.6 Å². The number of hydrogen-bond donors (Lipinski definition) is 0. The molecule has 1 aromatic heterocycles. The second kappa shape index (κ2) is 4.00. The number of nitro groups is 2. The minimum atomic E-state index is -0.970. The summed E-state index contributed by atoms with van der Waals surface area (Å²) in [5.41, 5.74) is 0. The summed E-state index contributed by atoms with van der Waals surface area (Å²) in [5.74, 6) is -2.21. The highest BCUT2D eigenvalue weighted by Gasteiger charge is 2.27. The standard InChI is InChI=1S/C5H3ClN4O5/c1-15-5-4(10(13)14)8-3(9(11)12)2(6)7-5/h1H3. The van der Waals surface area contributed by atoms with E-state index in [2.05, 4.69) is 14.7 Å². The Hall–Kier alpha value is -2.03. The van der Waals surface area contributed by atoms with Gasteiger partial charge in [0.2, 0.25) is 5.15 Å². The van der Waals surface area contributed by atoms with Crippen molar-refractivity contribution in [1.82, 2.24) is 9.97 Å². The molecule has 1 aromatic rings. The Labute approximate surface area is 87.0 Å². The first kappa shape index (κ1) is 11.0. The van der Waals surface area contributed by atoms with Gasteiger partial charge in [0.05, 0.1) is 7.11 Å². The summed E-state index contributed by atoms with van der Waals surface area (Å²) in [6.07, 6.45) is 0. The first-order valence-corrected chi connectivity index (χ1v) is 3.75. The summed E-state index contributed by atoms with van der Waals surface area (Å²) < 4.78 is 4.50. The number of methoxy groups -OCH3 is 1. The number of aromatic nitrogens is 2. The summed E-state index contributed by atoms with van der Waals surface area (Å²) in [4.78, 5) is 25.3. The van der Waals surface area contributed by atoms with E-state index < -0.39 is 32.5 Å². The van der Waals surface area contributed by atoms with Crippen LogP contribution < -0.4 is 4.74 Å². The van der Waals surface area contributed by atoms with E-state index in [1.165, 1.54) is 0 Å². The average molecular weight is 235 g/mol. The highest BCUT2D eigenvalue weighted by atomic mass is 35.5. The van der Waals surface area contributed by atoms with Crippen LogP contribution in [0.3, 0.4) is 0 Å². The average Bonchev–Trinajstić information content (AvgIpc) is 2.16. The smallest absolute Gasteiger partial charge is 0.431 e. The fourth-order valence-corrected chi connectivity index (χ4v) is 0.943. The maximum Gasteiger partial charge on any atom is 0.431 e. The summed E-state index contributed by atoms with van der Waals surface area (Å²) in [6, 6.07) is 0. The predicted octanol–water partition coefficient (Wildman–Crippen LogP) is 0.955. The van der Waals surface area contributed by atoms with E-state index in [1.54, 1.807) is 0 Å². The van der Waals surface area contributed by atoms with Gasteiger partial charge in [-0.2, -0.15) is 4.98 Å². The lowest BCUT2D eigenvalue weighted by molar-refractivity contribution is -0.404. The molecule has 0 N–H and O–H groups in total. The van der Waals surface area contributed by atoms with E-state index in [-0.39, 0.29) is 0 Å². The Morgan fingerprint density at radius 3 is 2.13 bits per heavy atom. The maximum atomic E-state index is 10.4. The van der Waals surface area contributed by atoms with Gasteiger partial charge in [-0.25, -0.2) is 0 Å². The Morgan fingerprint density at radius 1 is 1.20 bits per heavy atom. The topological polar surface area (TPSA) is 121 Å². The van der Waals surface area contributed by atoms with Gasteiger partial charge in [0.15, 0.2) is 0 Å². The summed E-state index contributed by atoms with van der Waals surface area (Å²) in [7, 11) is 1.11. The normalized spacial score (nSPS) is 9.73. The number of rotatable bonds is 3. The minimum absolute atomic E-state index is 0.476. The van der Waals surface area contributed by atoms with E-state index in [9.17, 15) is 20.2 Å². The molecule has 9 nitrogen and oxygen atoms in total. The quantitative estimate of drug-likeness (QED) is 0.564. The van der Waals surface area contributed by atoms with E-state index in [0.717, 1.165) is 7.11 Å². The van der Waals surface area contributed by atoms with Gasteiger partial charge in [0, 0.05) is 4.98 Å². The number of halogens is 1. The van der Waals surface area contributed by atoms with Crippen LogP contribution in [0, 0.1) is 20.2 Å². The third kappa shape index (κ3) is 2.07. The van der Waals surface area contributed by atoms with Crippen LogP contribution in [0.25, 0.3) is 0 Å². The molecule has 0 aliphatic carbocycles. The SMILES string of the molecule is COc1nc(Cl)c([N+](=O)[O-])nc1[N+](=O)[O-]. The van der Waals surface area contributed by atoms with Crippen LogP contribution in [0.1, 0.15) is 0 Å². The molecule has 0 saturated heterocycles. The van der Waals surface area contributed by atoms with Crippen molar-refractivity contribution in [2.45, 2.75) is 0 Å². The van der Waals surface area contributed by atoms with E-state index in [4.69, 9.17) is 11.6 Å². The molecule has 0 unspecified atom stereocenters. The molecule has 80 valence electrons. The van der Waals surface area contributed by atoms with Crippen molar-refractivity contribution in [1.29, 1.82) is 0 Å². The van der Waals surface area contributed by atoms with E-state index >= 15 is 0 Å². The lowest BCUT2D eigenvalue weighted by Gasteiger charge is -2.01. The van der Waals surface area contributed by atoms with Gasteiger partial charge in [0.25, 0.3) is 0 Å². The van der Waals surface area contributed by atoms with E-state index in [0.29, 0.717) is 0 Å². The van der Waals surface area contributed by atoms with Gasteiger partial charge in [-0.3, -0.25) is 0 Å². The third-order valence-electron chi connectivity index (χ3n) is 1.33. The van der Waals surface area contributed by atoms with E-state index in [1.807, 2.05) is 0 Å². The zero-order valence-electron chi connectivity index (χ0n) is 7.21. The lowest BCUT2D eigenvalue weighted by Crippen LogP contribution is -2.03. The molecule has 0 atom stereocenters. The minimum Gasteiger partial charge on any atom is -0.475 e. The molecule has 0 fully saturated rings. The molecule has 0 spiro atoms. The molecule has 1 heterocycles. The number of nitrogens with zero attached hydrogens (tertiary/aromatic N) is 4. The summed E-state index contributed by atoms with van der Waals surface area (Å²) in [6.45, 7) is 0. The van der Waals surface area contributed by atoms with Crippen molar-refractivity contribution in [2.75, 3.05) is 7.11 Å². The molecule has 0 bridgehead atoms. The fourth-order valence-electron chi connectivity index (χ4n) is 0.755. The van der Waals surface area contributed by atoms with Crippen molar-refractivity contribution in [3.8, 4) is 5.88 Å². The van der Waals surface area contributed by atoms with Crippen molar-refractivity contribution in [3.05, 3.63) is 25.4 Å². The monoisotopic (exact) mass is 234 g/mol. The Kier molecular flexibility index (Phi) is 2.95. The van der Waals surface area contributed by atoms with Crippen molar-refractivity contribution in [2.24, 2.45) is 0 Å². The molecule has 15 heavy (non-hydrogen) atoms. The van der Waals surface area contributed by atoms with Crippen molar-refractivity contribution in [3.63, 3.8) is 0 Å². The van der Waals surface area contributed by atoms with Crippen LogP contribution in [0.2, 0.25) is 5.15 Å². The first-order valence-electron chi connectivity index (χ1n) is 3.37. The molecular formula is C5H3ClN4O5. The molecule has 0 aliphatic rings. The van der Waals surface area contributed by atoms with Gasteiger partial charge in [-0.05, 0) is 9.85 Å². The van der Waals surface area contributed by atoms with Crippen molar-refractivity contribution < 1.29 is 14.6 Å². The Balaban J connectivity index is 3.43. The second-order valence-electron chi connectivity index (χ2n) is 2.19. The molecular weight excluding hydrogens is 232 g/mol. The molecule has 0 aliphatic heterocycles. The van der Waals surface area contributed by atoms with Crippen LogP contribution in [-0.2, 0) is 0 Å². The van der Waals surface area contributed by atoms with Crippen LogP contribution in [0.15, 0.2) is 0 Å². The zero-order valence-corrected chi connectivity index (χ0v) is 7.96. The summed E-state index contributed by atoms with van der Waals surface area (Å²) in [5, 5.41) is 20.2. The summed E-state index contributed by atoms with van der Waals surface area (Å²) >= 11 is 5.36. The number of hydrogen-bond acceptors (Lipinski definition) is 7. The van der Waals surface area contributed by atoms with Crippen LogP contribution in [0.4, 0.5) is 11.6 Å². The first-order chi connectivity index (χ1) is 6.97. The molecule has 0 saturated carbocycles.